The van der Waals surface area contributed by atoms with E-state index in [0.29, 0.717) is 116 Å². The van der Waals surface area contributed by atoms with Gasteiger partial charge in [0.2, 0.25) is 5.91 Å². The molecule has 12 aliphatic heterocycles. The number of quaternary nitrogens is 2. The second kappa shape index (κ2) is 48.3. The van der Waals surface area contributed by atoms with Crippen LogP contribution in [0.5, 0.6) is 0 Å². The van der Waals surface area contributed by atoms with E-state index in [1.54, 1.807) is 38.2 Å². The minimum Gasteiger partial charge on any atom is -1.00 e. The van der Waals surface area contributed by atoms with Gasteiger partial charge >= 0.3 is 225 Å². The van der Waals surface area contributed by atoms with E-state index in [1.165, 1.54) is 49.5 Å². The molecule has 2 aromatic carbocycles. The Morgan fingerprint density at radius 1 is 0.434 bits per heavy atom. The fraction of sp³-hybridized carbons (Fsp3) is 0.453. The summed E-state index contributed by atoms with van der Waals surface area (Å²) < 4.78 is 22.2. The van der Waals surface area contributed by atoms with Gasteiger partial charge in [-0.15, -0.1) is 0 Å². The van der Waals surface area contributed by atoms with Crippen molar-refractivity contribution in [3.8, 4) is 0 Å². The number of benzene rings is 2. The number of aliphatic carboxylic acids is 3. The summed E-state index contributed by atoms with van der Waals surface area (Å²) in [5, 5.41) is 34.9. The molecule has 12 aliphatic rings. The number of hydrogen-bond acceptors (Lipinski definition) is 27. The second-order valence-electron chi connectivity index (χ2n) is 42.0. The maximum absolute atomic E-state index is 13.8. The van der Waals surface area contributed by atoms with Crippen molar-refractivity contribution in [3.63, 3.8) is 0 Å². The number of halogens is 2. The van der Waals surface area contributed by atoms with Crippen molar-refractivity contribution in [3.05, 3.63) is 236 Å². The maximum atomic E-state index is 13.8. The Kier molecular flexibility index (Phi) is 37.4. The number of aromatic nitrogens is 2. The molecule has 2 unspecified atom stereocenters. The van der Waals surface area contributed by atoms with Gasteiger partial charge in [0.05, 0.1) is 114 Å². The van der Waals surface area contributed by atoms with Crippen LogP contribution in [0.1, 0.15) is 66.5 Å². The molecule has 145 heavy (non-hydrogen) atoms. The number of carboxylic acids is 3. The summed E-state index contributed by atoms with van der Waals surface area (Å²) in [6.45, 7) is 27.0. The number of anilines is 2. The number of nitrogens with zero attached hydrogens (tertiary/aromatic N) is 18. The van der Waals surface area contributed by atoms with Crippen LogP contribution in [0, 0.1) is 10.8 Å². The molecule has 39 heteroatoms. The number of nitrogens with one attached hydrogen (secondary N) is 2. The van der Waals surface area contributed by atoms with Crippen LogP contribution in [-0.4, -0.2) is 392 Å². The van der Waals surface area contributed by atoms with Gasteiger partial charge in [-0.2, -0.15) is 0 Å². The molecule has 4 bridgehead atoms. The van der Waals surface area contributed by atoms with Crippen molar-refractivity contribution >= 4 is 140 Å². The van der Waals surface area contributed by atoms with Gasteiger partial charge in [0.25, 0.3) is 0 Å². The van der Waals surface area contributed by atoms with Gasteiger partial charge < -0.3 is 87.4 Å². The monoisotopic (exact) mass is 2340 g/mol. The van der Waals surface area contributed by atoms with E-state index in [-0.39, 0.29) is 134 Å². The number of pyridine rings is 2. The smallest absolute Gasteiger partial charge is 1.00 e. The van der Waals surface area contributed by atoms with Crippen LogP contribution in [0.3, 0.4) is 0 Å². The summed E-state index contributed by atoms with van der Waals surface area (Å²) in [6.07, 6.45) is 34.5. The van der Waals surface area contributed by atoms with Gasteiger partial charge in [0, 0.05) is 148 Å². The van der Waals surface area contributed by atoms with Gasteiger partial charge in [-0.05, 0) is 147 Å². The molecule has 14 heterocycles. The molecule has 0 radical (unpaired) electrons. The number of rotatable bonds is 22. The molecule has 4 aromatic rings. The predicted octanol–water partition coefficient (Wildman–Crippen LogP) is 2.63. The number of carbonyl (C=O) groups excluding carboxylic acids is 5. The zero-order valence-corrected chi connectivity index (χ0v) is 95.2. The topological polar surface area (TPSA) is 339 Å². The molecule has 4 fully saturated rings. The summed E-state index contributed by atoms with van der Waals surface area (Å²) in [5.41, 5.74) is 13.9. The Bertz CT molecular complexity index is 6120. The molecular weight excluding hydrogens is 2210 g/mol. The summed E-state index contributed by atoms with van der Waals surface area (Å²) in [6, 6.07) is 24.4. The molecule has 2 amide bonds. The SMILES string of the molecule is CN1C=CC=C2C1=NC(=CC=C1C[N+](C)(C)CC(C=CC3=Nc4c(ccc[n+]4C)C3(C)C)=C1Sc1ccc(NC(=O)CN3CCN(CC(=O)O)CCN(CC(=O)O)CCN(CC(=O)O)CC3)cc1)C2(C)C.CN1C=CC=C2C1=NC(=CC=C1C[N+](C)(C)CC(C=CC3=Nc4c(ccc[n+]4C)C3(C)C)=C1Sc1ccc(NC(=O)CN3CCN4CCN5CCN(CC3)CC(=O)[O][111In]([O]C(=O)C4)[O]C(=O)C5)cc1)C2(C)C.[I-].[I-]. The van der Waals surface area contributed by atoms with Gasteiger partial charge in [-0.1, -0.05) is 75.5 Å². The first-order valence-corrected chi connectivity index (χ1v) is 54.6. The fourth-order valence-corrected chi connectivity index (χ4v) is 24.9. The molecule has 2 atom stereocenters. The Balaban J connectivity index is 0.000000240. The van der Waals surface area contributed by atoms with E-state index in [9.17, 15) is 53.7 Å². The van der Waals surface area contributed by atoms with Gasteiger partial charge in [0.1, 0.15) is 37.9 Å². The first kappa shape index (κ1) is 112. The third-order valence-corrected chi connectivity index (χ3v) is 34.6. The van der Waals surface area contributed by atoms with E-state index < -0.39 is 58.6 Å². The number of thioether (sulfide) groups is 2. The molecule has 2 aromatic heterocycles. The Morgan fingerprint density at radius 2 is 0.752 bits per heavy atom. The van der Waals surface area contributed by atoms with Crippen LogP contribution in [0.15, 0.2) is 255 Å². The number of likely N-dealkylation sites (N-methyl/N-ethyl adjacent to an activating group) is 4. The molecule has 0 spiro atoms. The number of fused-ring (bicyclic) bond motifs is 11. The number of carbonyl (C=O) groups is 8. The number of carboxylic acid groups (broad SMARTS) is 3. The first-order chi connectivity index (χ1) is 67.9. The quantitative estimate of drug-likeness (QED) is 0.0429. The Labute approximate surface area is 903 Å². The van der Waals surface area contributed by atoms with E-state index >= 15 is 0 Å². The molecule has 4 saturated heterocycles. The molecule has 34 nitrogen and oxygen atoms in total. The zero-order chi connectivity index (χ0) is 102. The van der Waals surface area contributed by atoms with Gasteiger partial charge in [0.15, 0.2) is 11.4 Å². The van der Waals surface area contributed by atoms with Crippen molar-refractivity contribution in [2.45, 2.75) is 76.0 Å². The molecule has 0 saturated carbocycles. The van der Waals surface area contributed by atoms with Crippen LogP contribution >= 0.6 is 23.5 Å². The summed E-state index contributed by atoms with van der Waals surface area (Å²) in [7, 11) is 17.2. The van der Waals surface area contributed by atoms with E-state index in [0.717, 1.165) is 96.0 Å². The van der Waals surface area contributed by atoms with E-state index in [2.05, 4.69) is 227 Å². The van der Waals surface area contributed by atoms with Crippen LogP contribution in [-0.2, 0) is 71.8 Å². The third-order valence-electron chi connectivity index (χ3n) is 28.2. The Morgan fingerprint density at radius 3 is 1.07 bits per heavy atom. The minimum atomic E-state index is -4.23. The normalized spacial score (nSPS) is 24.0. The van der Waals surface area contributed by atoms with Crippen LogP contribution in [0.4, 0.5) is 23.0 Å². The van der Waals surface area contributed by atoms with Crippen LogP contribution in [0.25, 0.3) is 0 Å². The summed E-state index contributed by atoms with van der Waals surface area (Å²) >= 11 is -0.791. The molecule has 5 N–H and O–H groups in total. The minimum absolute atomic E-state index is 0. The van der Waals surface area contributed by atoms with Crippen LogP contribution < -0.4 is 67.7 Å². The first-order valence-electron chi connectivity index (χ1n) is 48.9. The van der Waals surface area contributed by atoms with E-state index in [1.807, 2.05) is 109 Å². The standard InChI is InChI=1S/2C53H68N10O7S.2HI.In/c2*1-52(2)41-11-9-21-57(5)50(41)55-43(52)19-13-37-35-63(7,8)36-38(14-20-44-53(3,4)42-12-10-22-58(6)51(42)56-44)49(37)71-40-17-15-39(16-18-40)54-45(64)31-59-23-25-60(32-46(65)66)27-29-62(34-48(69)70)30-28-61(26-24-59)33-47(67)68;;;/h2*9-22H,23-36H2,1-8H3,(H2-2,54,64,65,66,67,68,69,70);2*1H;/q;;;;+3/p-1/i;;;;1-4. The number of allylic oxidation sites excluding steroid dienone is 12. The number of hydrogen-bond donors (Lipinski definition) is 5. The van der Waals surface area contributed by atoms with Crippen molar-refractivity contribution in [1.29, 1.82) is 0 Å². The summed E-state index contributed by atoms with van der Waals surface area (Å²) in [5.74, 6) is -1.28. The number of aliphatic imine (C=N–C) groups is 4. The number of aryl methyl sites for hydroxylation is 2. The molecule has 0 aliphatic carbocycles. The van der Waals surface area contributed by atoms with Gasteiger partial charge in [-0.25, -0.2) is 19.1 Å². The predicted molar refractivity (Wildman–Crippen MR) is 557 cm³/mol. The van der Waals surface area contributed by atoms with Crippen molar-refractivity contribution in [1.82, 2.24) is 49.0 Å². The van der Waals surface area contributed by atoms with Gasteiger partial charge in [-0.3, -0.25) is 38.8 Å². The van der Waals surface area contributed by atoms with Crippen molar-refractivity contribution < 1.29 is 128 Å². The second-order valence-corrected chi connectivity index (χ2v) is 47.8. The average Bonchev–Trinajstić information content (AvgIpc) is 1.66. The number of amidine groups is 2. The summed E-state index contributed by atoms with van der Waals surface area (Å²) in [4.78, 5) is 146. The average molecular weight is 2340 g/mol. The Hall–Kier alpha value is -9.71. The van der Waals surface area contributed by atoms with Crippen molar-refractivity contribution in [2.24, 2.45) is 44.9 Å². The van der Waals surface area contributed by atoms with Crippen molar-refractivity contribution in [2.75, 3.05) is 236 Å². The fourth-order valence-electron chi connectivity index (χ4n) is 19.9. The third kappa shape index (κ3) is 28.7. The van der Waals surface area contributed by atoms with E-state index in [4.69, 9.17) is 28.5 Å². The number of amides is 2. The molecular formula is C106H137I2InN20O14S2+2. The molecule has 772 valence electrons. The molecule has 16 rings (SSSR count). The zero-order valence-electron chi connectivity index (χ0n) is 86.0. The van der Waals surface area contributed by atoms with Crippen LogP contribution in [0.2, 0.25) is 0 Å².